The number of aromatic carboxylic acids is 6. The Hall–Kier alpha value is -19.3. The maximum Gasteiger partial charge on any atom is 0.336 e. The third kappa shape index (κ3) is 32.2. The van der Waals surface area contributed by atoms with Crippen molar-refractivity contribution in [2.24, 2.45) is 0 Å². The summed E-state index contributed by atoms with van der Waals surface area (Å²) in [4.78, 5) is 208. The van der Waals surface area contributed by atoms with Crippen molar-refractivity contribution in [3.8, 4) is 23.5 Å². The van der Waals surface area contributed by atoms with Crippen molar-refractivity contribution in [1.29, 1.82) is 0 Å². The number of benzene rings is 13. The molecule has 0 aliphatic rings. The zero-order chi connectivity index (χ0) is 103. The van der Waals surface area contributed by atoms with Crippen LogP contribution in [0.2, 0.25) is 0 Å². The van der Waals surface area contributed by atoms with Crippen LogP contribution in [0.1, 0.15) is 241 Å². The smallest absolute Gasteiger partial charge is 0.336 e. The molecule has 2 unspecified atom stereocenters. The highest BCUT2D eigenvalue weighted by Gasteiger charge is 2.28. The predicted molar refractivity (Wildman–Crippen MR) is 519 cm³/mol. The summed E-state index contributed by atoms with van der Waals surface area (Å²) in [5, 5.41) is 88.6. The Bertz CT molecular complexity index is 6750. The molecule has 0 aliphatic heterocycles. The quantitative estimate of drug-likeness (QED) is 0.0138. The van der Waals surface area contributed by atoms with Crippen LogP contribution in [-0.2, 0) is 40.4 Å². The molecule has 13 rings (SSSR count). The normalized spacial score (nSPS) is 10.5. The molecular formula is C109H92N6O26. The highest BCUT2D eigenvalue weighted by molar-refractivity contribution is 6.11. The molecule has 141 heavy (non-hydrogen) atoms. The van der Waals surface area contributed by atoms with E-state index in [4.69, 9.17) is 37.1 Å². The Morgan fingerprint density at radius 3 is 0.943 bits per heavy atom. The Balaban J connectivity index is 0.000000207. The molecule has 0 saturated carbocycles. The number of aliphatic carboxylic acids is 2. The third-order valence-electron chi connectivity index (χ3n) is 20.6. The predicted octanol–water partition coefficient (Wildman–Crippen LogP) is 16.2. The Labute approximate surface area is 806 Å². The number of anilines is 1. The highest BCUT2D eigenvalue weighted by atomic mass is 16.4. The van der Waals surface area contributed by atoms with Gasteiger partial charge in [0, 0.05) is 59.6 Å². The standard InChI is InChI=1S/C22H15NO3.C19H17NO5.C19H19NO4.C17H15NO4.2C16H13NO5/c1-2-15-7-13-18(14-8-15)23-21(24)20-6-4-3-5-19(20)16-9-11-17(12-10-16)22(25)26;1-11(21)13-7-8-14(17(9-13)12(2)22)10-20-18(23)15-5-3-4-6-16(15)19(24)25;1-13(21)6-7-14-8-10-15(11-9-14)12-20-18(22)16-4-2-3-5-17(16)19(23)24;1-11(19)13-8-6-12(7-9-13)10-18-16(20)14-4-2-3-5-15(14)17(21)22;2*18-14(11-8-4-5-9-12(11)15(19)20)17-13(16(21)22)10-6-2-1-3-7-10/h1,3-14H,(H,23,24)(H,25,26);3-9H,10H2,1-2H3,(H,20,23)(H,24,25);2-5,8-11H,6-7,12H2,1H3,(H,20,22)(H,23,24);2-9H,10H2,1H3,(H,18,20)(H,21,22);2*1-9,13H,(H,17,18)(H,19,20)(H,21,22). The van der Waals surface area contributed by atoms with Gasteiger partial charge in [0.05, 0.1) is 61.2 Å². The van der Waals surface area contributed by atoms with E-state index in [0.717, 1.165) is 33.4 Å². The molecule has 0 aromatic heterocycles. The van der Waals surface area contributed by atoms with Crippen LogP contribution >= 0.6 is 0 Å². The van der Waals surface area contributed by atoms with Crippen molar-refractivity contribution in [1.82, 2.24) is 26.6 Å². The number of carboxylic acid groups (broad SMARTS) is 8. The van der Waals surface area contributed by atoms with Crippen LogP contribution in [0.25, 0.3) is 11.1 Å². The first kappa shape index (κ1) is 107. The average molecular weight is 1900 g/mol. The fraction of sp³-hybridized carbons (Fsp3) is 0.101. The van der Waals surface area contributed by atoms with Gasteiger partial charge in [0.25, 0.3) is 35.4 Å². The number of terminal acetylenes is 1. The van der Waals surface area contributed by atoms with Gasteiger partial charge < -0.3 is 77.5 Å². The number of hydrogen-bond donors (Lipinski definition) is 14. The van der Waals surface area contributed by atoms with Gasteiger partial charge in [-0.3, -0.25) is 43.2 Å². The van der Waals surface area contributed by atoms with Gasteiger partial charge in [-0.2, -0.15) is 0 Å². The molecule has 0 fully saturated rings. The molecule has 14 N–H and O–H groups in total. The van der Waals surface area contributed by atoms with Crippen LogP contribution in [-0.4, -0.2) is 147 Å². The minimum Gasteiger partial charge on any atom is -0.479 e. The number of aryl methyl sites for hydroxylation is 1. The van der Waals surface area contributed by atoms with Crippen LogP contribution < -0.4 is 31.9 Å². The van der Waals surface area contributed by atoms with Gasteiger partial charge in [0.1, 0.15) is 5.78 Å². The SMILES string of the molecule is C#Cc1ccc(NC(=O)c2ccccc2-c2ccc(C(=O)O)cc2)cc1.CC(=O)CCc1ccc(CNC(=O)c2ccccc2C(=O)O)cc1.CC(=O)c1ccc(CNC(=O)c2ccccc2C(=O)O)c(C(C)=O)c1.CC(=O)c1ccc(CNC(=O)c2ccccc2C(=O)O)cc1.O=C(O)c1ccccc1C(=O)NC(C(=O)O)c1ccccc1.O=C(O)c1ccccc1C(=O)NC(C(=O)O)c1ccccc1. The molecule has 0 bridgehead atoms. The second-order valence-electron chi connectivity index (χ2n) is 30.5. The fourth-order valence-electron chi connectivity index (χ4n) is 13.3. The van der Waals surface area contributed by atoms with Crippen molar-refractivity contribution in [3.05, 3.63) is 444 Å². The van der Waals surface area contributed by atoms with E-state index in [1.165, 1.54) is 130 Å². The maximum atomic E-state index is 12.7. The molecule has 0 aliphatic carbocycles. The van der Waals surface area contributed by atoms with Gasteiger partial charge >= 0.3 is 47.8 Å². The minimum absolute atomic E-state index is 0.0189. The van der Waals surface area contributed by atoms with E-state index in [2.05, 4.69) is 37.8 Å². The van der Waals surface area contributed by atoms with Gasteiger partial charge in [0.2, 0.25) is 0 Å². The summed E-state index contributed by atoms with van der Waals surface area (Å²) in [5.41, 5.74) is 8.69. The Kier molecular flexibility index (Phi) is 40.2. The zero-order valence-electron chi connectivity index (χ0n) is 75.8. The average Bonchev–Trinajstić information content (AvgIpc) is 0.844. The number of nitrogens with one attached hydrogen (secondary N) is 6. The van der Waals surface area contributed by atoms with Crippen LogP contribution in [0.3, 0.4) is 0 Å². The van der Waals surface area contributed by atoms with Gasteiger partial charge in [-0.1, -0.05) is 218 Å². The van der Waals surface area contributed by atoms with Crippen LogP contribution in [0, 0.1) is 12.3 Å². The first-order valence-electron chi connectivity index (χ1n) is 42.6. The van der Waals surface area contributed by atoms with E-state index in [0.29, 0.717) is 64.0 Å². The van der Waals surface area contributed by atoms with Crippen molar-refractivity contribution < 1.29 is 127 Å². The number of Topliss-reactive ketones (excluding diaryl/α,β-unsaturated/α-hetero) is 4. The number of carbonyl (C=O) groups excluding carboxylic acids is 10. The number of carboxylic acids is 8. The topological polar surface area (TPSA) is 541 Å². The lowest BCUT2D eigenvalue weighted by Gasteiger charge is -2.15. The summed E-state index contributed by atoms with van der Waals surface area (Å²) in [5.74, 6) is -10.3. The number of ketones is 4. The summed E-state index contributed by atoms with van der Waals surface area (Å²) in [6.07, 6.45) is 6.55. The lowest BCUT2D eigenvalue weighted by atomic mass is 9.98. The van der Waals surface area contributed by atoms with E-state index in [1.807, 2.05) is 36.4 Å². The number of hydrogen-bond acceptors (Lipinski definition) is 18. The molecule has 0 radical (unpaired) electrons. The van der Waals surface area contributed by atoms with Gasteiger partial charge in [-0.25, -0.2) is 38.4 Å². The van der Waals surface area contributed by atoms with Crippen molar-refractivity contribution >= 4 is 112 Å². The summed E-state index contributed by atoms with van der Waals surface area (Å²) in [6.45, 7) is 6.44. The summed E-state index contributed by atoms with van der Waals surface area (Å²) in [7, 11) is 0. The second kappa shape index (κ2) is 52.9. The van der Waals surface area contributed by atoms with Gasteiger partial charge in [0.15, 0.2) is 29.4 Å². The number of rotatable bonds is 32. The minimum atomic E-state index is -1.25. The molecule has 13 aromatic carbocycles. The number of carbonyl (C=O) groups is 18. The lowest BCUT2D eigenvalue weighted by molar-refractivity contribution is -0.140. The molecule has 0 heterocycles. The van der Waals surface area contributed by atoms with Crippen molar-refractivity contribution in [3.63, 3.8) is 0 Å². The van der Waals surface area contributed by atoms with Crippen molar-refractivity contribution in [2.75, 3.05) is 5.32 Å². The number of amides is 6. The summed E-state index contributed by atoms with van der Waals surface area (Å²) < 4.78 is 0. The first-order chi connectivity index (χ1) is 67.3. The van der Waals surface area contributed by atoms with E-state index < -0.39 is 89.4 Å². The highest BCUT2D eigenvalue weighted by Crippen LogP contribution is 2.27. The monoisotopic (exact) mass is 1900 g/mol. The van der Waals surface area contributed by atoms with Crippen molar-refractivity contribution in [2.45, 2.75) is 72.3 Å². The van der Waals surface area contributed by atoms with E-state index in [-0.39, 0.29) is 103 Å². The Morgan fingerprint density at radius 2 is 0.603 bits per heavy atom. The second-order valence-corrected chi connectivity index (χ2v) is 30.5. The molecule has 2 atom stereocenters. The Morgan fingerprint density at radius 1 is 0.284 bits per heavy atom. The summed E-state index contributed by atoms with van der Waals surface area (Å²) >= 11 is 0. The third-order valence-corrected chi connectivity index (χ3v) is 20.6. The zero-order valence-corrected chi connectivity index (χ0v) is 75.8. The van der Waals surface area contributed by atoms with Gasteiger partial charge in [-0.15, -0.1) is 6.42 Å². The van der Waals surface area contributed by atoms with E-state index in [1.54, 1.807) is 183 Å². The molecular weight excluding hydrogens is 1810 g/mol. The maximum absolute atomic E-state index is 12.7. The van der Waals surface area contributed by atoms with Crippen LogP contribution in [0.15, 0.2) is 322 Å². The van der Waals surface area contributed by atoms with Gasteiger partial charge in [-0.05, 0) is 188 Å². The van der Waals surface area contributed by atoms with E-state index >= 15 is 0 Å². The molecule has 714 valence electrons. The molecule has 0 saturated heterocycles. The van der Waals surface area contributed by atoms with Crippen LogP contribution in [0.5, 0.6) is 0 Å². The summed E-state index contributed by atoms with van der Waals surface area (Å²) in [6, 6.07) is 82.9. The fourth-order valence-corrected chi connectivity index (χ4v) is 13.3. The lowest BCUT2D eigenvalue weighted by Crippen LogP contribution is -2.34. The van der Waals surface area contributed by atoms with E-state index in [9.17, 15) is 96.5 Å². The molecule has 0 spiro atoms. The molecule has 32 nitrogen and oxygen atoms in total. The molecule has 13 aromatic rings. The molecule has 32 heteroatoms. The molecule has 6 amide bonds. The van der Waals surface area contributed by atoms with Crippen LogP contribution in [0.4, 0.5) is 5.69 Å². The largest absolute Gasteiger partial charge is 0.479 e. The first-order valence-corrected chi connectivity index (χ1v) is 42.6.